The van der Waals surface area contributed by atoms with Crippen LogP contribution in [-0.4, -0.2) is 42.9 Å². The average molecular weight is 295 g/mol. The number of rotatable bonds is 9. The van der Waals surface area contributed by atoms with E-state index in [1.54, 1.807) is 14.2 Å². The number of ether oxygens (including phenoxy) is 2. The molecule has 0 fully saturated rings. The zero-order valence-corrected chi connectivity index (χ0v) is 13.9. The maximum atomic E-state index is 10.1. The zero-order chi connectivity index (χ0) is 15.8. The Morgan fingerprint density at radius 3 is 2.10 bits per heavy atom. The summed E-state index contributed by atoms with van der Waals surface area (Å²) in [7, 11) is 3.31. The highest BCUT2D eigenvalue weighted by Crippen LogP contribution is 2.24. The second kappa shape index (κ2) is 8.90. The third-order valence-electron chi connectivity index (χ3n) is 3.59. The van der Waals surface area contributed by atoms with Crippen molar-refractivity contribution in [3.63, 3.8) is 0 Å². The van der Waals surface area contributed by atoms with E-state index in [2.05, 4.69) is 25.7 Å². The van der Waals surface area contributed by atoms with Crippen molar-refractivity contribution in [1.82, 2.24) is 4.90 Å². The van der Waals surface area contributed by atoms with Crippen molar-refractivity contribution < 1.29 is 14.6 Å². The highest BCUT2D eigenvalue weighted by Gasteiger charge is 2.15. The molecule has 0 unspecified atom stereocenters. The summed E-state index contributed by atoms with van der Waals surface area (Å²) in [5, 5.41) is 10.1. The van der Waals surface area contributed by atoms with Crippen LogP contribution >= 0.6 is 0 Å². The van der Waals surface area contributed by atoms with Gasteiger partial charge in [-0.25, -0.2) is 0 Å². The van der Waals surface area contributed by atoms with Crippen LogP contribution < -0.4 is 9.47 Å². The molecule has 0 heterocycles. The van der Waals surface area contributed by atoms with Gasteiger partial charge in [-0.1, -0.05) is 13.3 Å². The Morgan fingerprint density at radius 1 is 1.10 bits per heavy atom. The minimum atomic E-state index is -0.273. The molecule has 0 aliphatic rings. The van der Waals surface area contributed by atoms with E-state index in [1.165, 1.54) is 0 Å². The molecule has 0 aliphatic heterocycles. The van der Waals surface area contributed by atoms with Crippen molar-refractivity contribution in [2.24, 2.45) is 0 Å². The highest BCUT2D eigenvalue weighted by atomic mass is 16.5. The lowest BCUT2D eigenvalue weighted by atomic mass is 10.1. The Morgan fingerprint density at radius 2 is 1.67 bits per heavy atom. The molecular formula is C17H29NO3. The lowest BCUT2D eigenvalue weighted by molar-refractivity contribution is 0.0842. The fraction of sp³-hybridized carbons (Fsp3) is 0.647. The summed E-state index contributed by atoms with van der Waals surface area (Å²) < 4.78 is 10.6. The van der Waals surface area contributed by atoms with Gasteiger partial charge in [0.25, 0.3) is 0 Å². The van der Waals surface area contributed by atoms with E-state index in [0.29, 0.717) is 12.6 Å². The molecule has 1 aromatic rings. The monoisotopic (exact) mass is 295 g/mol. The van der Waals surface area contributed by atoms with Crippen LogP contribution in [0.3, 0.4) is 0 Å². The molecule has 1 atom stereocenters. The van der Waals surface area contributed by atoms with E-state index < -0.39 is 0 Å². The Balaban J connectivity index is 2.83. The molecule has 0 bridgehead atoms. The molecule has 1 rings (SSSR count). The van der Waals surface area contributed by atoms with Crippen molar-refractivity contribution >= 4 is 0 Å². The minimum Gasteiger partial charge on any atom is -0.497 e. The van der Waals surface area contributed by atoms with Gasteiger partial charge in [0.1, 0.15) is 11.5 Å². The molecule has 0 spiro atoms. The molecule has 0 saturated carbocycles. The number of hydrogen-bond donors (Lipinski definition) is 1. The van der Waals surface area contributed by atoms with E-state index in [4.69, 9.17) is 9.47 Å². The molecule has 120 valence electrons. The first-order valence-corrected chi connectivity index (χ1v) is 7.64. The second-order valence-electron chi connectivity index (χ2n) is 5.69. The van der Waals surface area contributed by atoms with Crippen LogP contribution in [0.1, 0.15) is 39.2 Å². The van der Waals surface area contributed by atoms with Crippen LogP contribution in [0, 0.1) is 0 Å². The van der Waals surface area contributed by atoms with E-state index in [0.717, 1.165) is 36.4 Å². The van der Waals surface area contributed by atoms with E-state index in [1.807, 2.05) is 18.2 Å². The van der Waals surface area contributed by atoms with Gasteiger partial charge in [-0.2, -0.15) is 0 Å². The topological polar surface area (TPSA) is 41.9 Å². The molecule has 0 amide bonds. The van der Waals surface area contributed by atoms with Crippen LogP contribution in [0.5, 0.6) is 11.5 Å². The van der Waals surface area contributed by atoms with Gasteiger partial charge < -0.3 is 14.6 Å². The van der Waals surface area contributed by atoms with Crippen LogP contribution in [0.25, 0.3) is 0 Å². The van der Waals surface area contributed by atoms with E-state index in [-0.39, 0.29) is 6.10 Å². The number of aliphatic hydroxyl groups is 1. The Labute approximate surface area is 128 Å². The summed E-state index contributed by atoms with van der Waals surface area (Å²) in [6, 6.07) is 6.28. The number of nitrogens with zero attached hydrogens (tertiary/aromatic N) is 1. The van der Waals surface area contributed by atoms with E-state index in [9.17, 15) is 5.11 Å². The summed E-state index contributed by atoms with van der Waals surface area (Å²) in [6.45, 7) is 7.85. The maximum absolute atomic E-state index is 10.1. The zero-order valence-electron chi connectivity index (χ0n) is 13.9. The molecule has 4 nitrogen and oxygen atoms in total. The fourth-order valence-corrected chi connectivity index (χ4v) is 2.35. The third-order valence-corrected chi connectivity index (χ3v) is 3.59. The van der Waals surface area contributed by atoms with Crippen LogP contribution in [-0.2, 0) is 6.54 Å². The standard InChI is InChI=1S/C17H29NO3/c1-6-7-15(19)12-18(13(2)3)11-14-8-16(20-4)10-17(9-14)21-5/h8-10,13,15,19H,6-7,11-12H2,1-5H3/t15-/m0/s1. The lowest BCUT2D eigenvalue weighted by Crippen LogP contribution is -2.37. The minimum absolute atomic E-state index is 0.273. The molecule has 1 aromatic carbocycles. The lowest BCUT2D eigenvalue weighted by Gasteiger charge is -2.29. The molecule has 0 aliphatic carbocycles. The summed E-state index contributed by atoms with van der Waals surface area (Å²) in [6.07, 6.45) is 1.56. The molecular weight excluding hydrogens is 266 g/mol. The third kappa shape index (κ3) is 5.94. The quantitative estimate of drug-likeness (QED) is 0.760. The number of benzene rings is 1. The number of aliphatic hydroxyl groups excluding tert-OH is 1. The van der Waals surface area contributed by atoms with Gasteiger partial charge in [0, 0.05) is 25.2 Å². The van der Waals surface area contributed by atoms with Crippen LogP contribution in [0.15, 0.2) is 18.2 Å². The SMILES string of the molecule is CCC[C@H](O)CN(Cc1cc(OC)cc(OC)c1)C(C)C. The smallest absolute Gasteiger partial charge is 0.122 e. The Bertz CT molecular complexity index is 398. The van der Waals surface area contributed by atoms with Gasteiger partial charge in [0.2, 0.25) is 0 Å². The Kier molecular flexibility index (Phi) is 7.54. The van der Waals surface area contributed by atoms with Crippen molar-refractivity contribution in [2.75, 3.05) is 20.8 Å². The molecule has 0 radical (unpaired) electrons. The maximum Gasteiger partial charge on any atom is 0.122 e. The van der Waals surface area contributed by atoms with Crippen molar-refractivity contribution in [2.45, 2.75) is 52.3 Å². The van der Waals surface area contributed by atoms with Gasteiger partial charge >= 0.3 is 0 Å². The van der Waals surface area contributed by atoms with Gasteiger partial charge in [-0.3, -0.25) is 4.90 Å². The first kappa shape index (κ1) is 17.8. The molecule has 0 aromatic heterocycles. The molecule has 21 heavy (non-hydrogen) atoms. The van der Waals surface area contributed by atoms with E-state index >= 15 is 0 Å². The van der Waals surface area contributed by atoms with Gasteiger partial charge in [-0.15, -0.1) is 0 Å². The number of methoxy groups -OCH3 is 2. The normalized spacial score (nSPS) is 12.8. The van der Waals surface area contributed by atoms with Crippen molar-refractivity contribution in [3.05, 3.63) is 23.8 Å². The van der Waals surface area contributed by atoms with Crippen LogP contribution in [0.4, 0.5) is 0 Å². The molecule has 1 N–H and O–H groups in total. The second-order valence-corrected chi connectivity index (χ2v) is 5.69. The van der Waals surface area contributed by atoms with Gasteiger partial charge in [-0.05, 0) is 38.0 Å². The number of hydrogen-bond acceptors (Lipinski definition) is 4. The first-order chi connectivity index (χ1) is 9.99. The predicted octanol–water partition coefficient (Wildman–Crippen LogP) is 3.08. The largest absolute Gasteiger partial charge is 0.497 e. The molecule has 4 heteroatoms. The predicted molar refractivity (Wildman–Crippen MR) is 86.0 cm³/mol. The summed E-state index contributed by atoms with van der Waals surface area (Å²) in [5.41, 5.74) is 1.13. The van der Waals surface area contributed by atoms with Gasteiger partial charge in [0.15, 0.2) is 0 Å². The van der Waals surface area contributed by atoms with Crippen LogP contribution in [0.2, 0.25) is 0 Å². The van der Waals surface area contributed by atoms with Crippen molar-refractivity contribution in [1.29, 1.82) is 0 Å². The summed E-state index contributed by atoms with van der Waals surface area (Å²) >= 11 is 0. The fourth-order valence-electron chi connectivity index (χ4n) is 2.35. The first-order valence-electron chi connectivity index (χ1n) is 7.64. The van der Waals surface area contributed by atoms with Gasteiger partial charge in [0.05, 0.1) is 20.3 Å². The summed E-state index contributed by atoms with van der Waals surface area (Å²) in [4.78, 5) is 2.27. The van der Waals surface area contributed by atoms with Crippen molar-refractivity contribution in [3.8, 4) is 11.5 Å². The average Bonchev–Trinajstić information content (AvgIpc) is 2.46. The summed E-state index contributed by atoms with van der Waals surface area (Å²) in [5.74, 6) is 1.59. The molecule has 0 saturated heterocycles. The highest BCUT2D eigenvalue weighted by molar-refractivity contribution is 5.38. The Hall–Kier alpha value is -1.26.